The fourth-order valence-corrected chi connectivity index (χ4v) is 4.95. The predicted octanol–water partition coefficient (Wildman–Crippen LogP) is 4.27. The van der Waals surface area contributed by atoms with Crippen LogP contribution in [0.2, 0.25) is 0 Å². The fourth-order valence-electron chi connectivity index (χ4n) is 4.95. The number of aliphatic hydroxyl groups excluding tert-OH is 1. The van der Waals surface area contributed by atoms with Crippen molar-refractivity contribution in [3.63, 3.8) is 0 Å². The normalized spacial score (nSPS) is 26.7. The van der Waals surface area contributed by atoms with Gasteiger partial charge in [0.25, 0.3) is 0 Å². The van der Waals surface area contributed by atoms with Crippen LogP contribution in [0.25, 0.3) is 6.08 Å². The molecule has 0 bridgehead atoms. The van der Waals surface area contributed by atoms with Crippen LogP contribution in [0.1, 0.15) is 60.4 Å². The Morgan fingerprint density at radius 3 is 2.58 bits per heavy atom. The van der Waals surface area contributed by atoms with Crippen molar-refractivity contribution in [2.45, 2.75) is 70.4 Å². The molecule has 0 radical (unpaired) electrons. The Hall–Kier alpha value is -3.74. The van der Waals surface area contributed by atoms with Gasteiger partial charge in [-0.3, -0.25) is 0 Å². The van der Waals surface area contributed by atoms with Crippen molar-refractivity contribution in [1.29, 1.82) is 0 Å². The summed E-state index contributed by atoms with van der Waals surface area (Å²) in [6.45, 7) is 7.14. The Morgan fingerprint density at radius 1 is 1.11 bits per heavy atom. The number of hydrogen-bond donors (Lipinski definition) is 2. The molecule has 5 unspecified atom stereocenters. The molecule has 11 nitrogen and oxygen atoms in total. The zero-order valence-corrected chi connectivity index (χ0v) is 26.3. The summed E-state index contributed by atoms with van der Waals surface area (Å²) in [6.07, 6.45) is 4.19. The number of carbonyl (C=O) groups is 2. The van der Waals surface area contributed by atoms with E-state index < -0.39 is 48.2 Å². The average Bonchev–Trinajstić information content (AvgIpc) is 3.33. The molecular weight excluding hydrogens is 582 g/mol. The molecule has 244 valence electrons. The van der Waals surface area contributed by atoms with Crippen molar-refractivity contribution in [2.24, 2.45) is 11.7 Å². The van der Waals surface area contributed by atoms with Gasteiger partial charge in [0, 0.05) is 25.6 Å². The second-order valence-corrected chi connectivity index (χ2v) is 11.5. The number of methoxy groups -OCH3 is 1. The maximum absolute atomic E-state index is 13.7. The molecule has 45 heavy (non-hydrogen) atoms. The maximum Gasteiger partial charge on any atom is 0.342 e. The van der Waals surface area contributed by atoms with Crippen molar-refractivity contribution < 1.29 is 47.9 Å². The van der Waals surface area contributed by atoms with E-state index in [-0.39, 0.29) is 37.2 Å². The zero-order chi connectivity index (χ0) is 32.6. The van der Waals surface area contributed by atoms with E-state index in [1.807, 2.05) is 39.0 Å². The summed E-state index contributed by atoms with van der Waals surface area (Å²) < 4.78 is 41.1. The smallest absolute Gasteiger partial charge is 0.342 e. The highest BCUT2D eigenvalue weighted by molar-refractivity contribution is 5.97. The highest BCUT2D eigenvalue weighted by Gasteiger charge is 2.45. The second kappa shape index (κ2) is 15.5. The summed E-state index contributed by atoms with van der Waals surface area (Å²) >= 11 is 0. The molecule has 2 aliphatic heterocycles. The van der Waals surface area contributed by atoms with Crippen molar-refractivity contribution in [3.8, 4) is 11.5 Å². The third kappa shape index (κ3) is 9.15. The van der Waals surface area contributed by atoms with Crippen molar-refractivity contribution >= 4 is 18.0 Å². The first-order chi connectivity index (χ1) is 21.5. The van der Waals surface area contributed by atoms with Crippen LogP contribution in [-0.2, 0) is 23.7 Å². The van der Waals surface area contributed by atoms with Crippen molar-refractivity contribution in [3.05, 3.63) is 77.4 Å². The molecule has 0 saturated carbocycles. The van der Waals surface area contributed by atoms with Crippen LogP contribution >= 0.6 is 0 Å². The number of aliphatic hydroxyl groups is 1. The number of hydrogen-bond acceptors (Lipinski definition) is 11. The lowest BCUT2D eigenvalue weighted by Gasteiger charge is -2.26. The molecule has 0 aliphatic carbocycles. The van der Waals surface area contributed by atoms with Crippen LogP contribution in [0.4, 0.5) is 0 Å². The first kappa shape index (κ1) is 34.1. The van der Waals surface area contributed by atoms with E-state index in [4.69, 9.17) is 38.9 Å². The number of cyclic esters (lactones) is 1. The molecule has 11 heteroatoms. The van der Waals surface area contributed by atoms with Crippen LogP contribution in [0, 0.1) is 5.92 Å². The molecule has 2 aromatic rings. The van der Waals surface area contributed by atoms with Gasteiger partial charge in [-0.2, -0.15) is 0 Å². The Bertz CT molecular complexity index is 1360. The van der Waals surface area contributed by atoms with Gasteiger partial charge in [0.2, 0.25) is 0 Å². The van der Waals surface area contributed by atoms with Crippen molar-refractivity contribution in [2.75, 3.05) is 27.1 Å². The Morgan fingerprint density at radius 2 is 1.87 bits per heavy atom. The predicted molar refractivity (Wildman–Crippen MR) is 166 cm³/mol. The van der Waals surface area contributed by atoms with Gasteiger partial charge in [0.15, 0.2) is 12.6 Å². The summed E-state index contributed by atoms with van der Waals surface area (Å²) in [5.74, 6) is -1.77. The van der Waals surface area contributed by atoms with Gasteiger partial charge in [-0.25, -0.2) is 9.59 Å². The number of rotatable bonds is 9. The van der Waals surface area contributed by atoms with Gasteiger partial charge in [0.1, 0.15) is 48.1 Å². The van der Waals surface area contributed by atoms with Gasteiger partial charge in [-0.1, -0.05) is 43.4 Å². The topological polar surface area (TPSA) is 145 Å². The molecule has 2 heterocycles. The van der Waals surface area contributed by atoms with Crippen LogP contribution in [-0.4, -0.2) is 80.4 Å². The highest BCUT2D eigenvalue weighted by atomic mass is 16.8. The van der Waals surface area contributed by atoms with E-state index in [2.05, 4.69) is 0 Å². The molecule has 2 aromatic carbocycles. The molecular formula is C34H43NO10. The van der Waals surface area contributed by atoms with Crippen LogP contribution in [0.3, 0.4) is 0 Å². The molecule has 0 aromatic heterocycles. The minimum Gasteiger partial charge on any atom is -0.491 e. The maximum atomic E-state index is 13.7. The van der Waals surface area contributed by atoms with E-state index in [9.17, 15) is 14.7 Å². The minimum absolute atomic E-state index is 0.0251. The molecule has 3 N–H and O–H groups in total. The quantitative estimate of drug-likeness (QED) is 0.234. The first-order valence-corrected chi connectivity index (χ1v) is 15.0. The van der Waals surface area contributed by atoms with Crippen molar-refractivity contribution in [1.82, 2.24) is 0 Å². The van der Waals surface area contributed by atoms with E-state index >= 15 is 0 Å². The average molecular weight is 626 g/mol. The lowest BCUT2D eigenvalue weighted by atomic mass is 9.98. The minimum atomic E-state index is -0.940. The zero-order valence-electron chi connectivity index (χ0n) is 26.3. The monoisotopic (exact) mass is 625 g/mol. The Balaban J connectivity index is 1.74. The molecule has 0 spiro atoms. The van der Waals surface area contributed by atoms with E-state index in [0.29, 0.717) is 23.3 Å². The SMILES string of the molecule is COCOc1cc(OCC(O)CN)cc2c1C(=O)OC(C)[C@H](C)/C=C\C(OC(=O)c1ccccc1)C1OC(C)(C)OC1C/C=C/2. The third-order valence-corrected chi connectivity index (χ3v) is 7.46. The summed E-state index contributed by atoms with van der Waals surface area (Å²) in [5.41, 5.74) is 6.59. The number of fused-ring (bicyclic) bond motifs is 2. The molecule has 2 aliphatic rings. The Labute approximate surface area is 263 Å². The van der Waals surface area contributed by atoms with Gasteiger partial charge >= 0.3 is 11.9 Å². The second-order valence-electron chi connectivity index (χ2n) is 11.5. The highest BCUT2D eigenvalue weighted by Crippen LogP contribution is 2.36. The number of esters is 2. The molecule has 1 fully saturated rings. The standard InChI is InChI=1S/C34H43NO10/c1-21-14-15-27(43-32(37)23-10-7-6-8-11-23)31-28(44-34(3,4)45-31)13-9-12-24-16-26(40-19-25(36)18-35)17-29(41-20-39-5)30(24)33(38)42-22(21)2/h6-12,14-17,21-22,25,27-28,31,36H,13,18-20,35H2,1-5H3/b12-9+,15-14-/t21-,22?,25?,27?,28?,31?/m1/s1. The molecule has 1 saturated heterocycles. The van der Waals surface area contributed by atoms with Gasteiger partial charge in [0.05, 0.1) is 11.7 Å². The van der Waals surface area contributed by atoms with Gasteiger partial charge < -0.3 is 44.0 Å². The summed E-state index contributed by atoms with van der Waals surface area (Å²) in [5, 5.41) is 9.94. The molecule has 4 rings (SSSR count). The molecule has 0 amide bonds. The van der Waals surface area contributed by atoms with Crippen LogP contribution < -0.4 is 15.2 Å². The first-order valence-electron chi connectivity index (χ1n) is 15.0. The van der Waals surface area contributed by atoms with E-state index in [1.54, 1.807) is 55.5 Å². The number of nitrogens with two attached hydrogens (primary N) is 1. The number of benzene rings is 2. The van der Waals surface area contributed by atoms with Gasteiger partial charge in [-0.15, -0.1) is 0 Å². The number of carbonyl (C=O) groups excluding carboxylic acids is 2. The lowest BCUT2D eigenvalue weighted by molar-refractivity contribution is -0.152. The van der Waals surface area contributed by atoms with Crippen LogP contribution in [0.5, 0.6) is 11.5 Å². The summed E-state index contributed by atoms with van der Waals surface area (Å²) in [6, 6.07) is 11.9. The lowest BCUT2D eigenvalue weighted by Crippen LogP contribution is -2.37. The summed E-state index contributed by atoms with van der Waals surface area (Å²) in [7, 11) is 1.47. The number of ether oxygens (including phenoxy) is 7. The van der Waals surface area contributed by atoms with E-state index in [0.717, 1.165) is 0 Å². The Kier molecular flexibility index (Phi) is 11.8. The van der Waals surface area contributed by atoms with Gasteiger partial charge in [-0.05, 0) is 57.0 Å². The summed E-state index contributed by atoms with van der Waals surface area (Å²) in [4.78, 5) is 26.8. The van der Waals surface area contributed by atoms with Crippen LogP contribution in [0.15, 0.2) is 60.7 Å². The third-order valence-electron chi connectivity index (χ3n) is 7.46. The molecule has 6 atom stereocenters. The van der Waals surface area contributed by atoms with E-state index in [1.165, 1.54) is 7.11 Å². The fraction of sp³-hybridized carbons (Fsp3) is 0.471. The largest absolute Gasteiger partial charge is 0.491 e.